The molecule has 1 rings (SSSR count). The third-order valence-electron chi connectivity index (χ3n) is 2.24. The molecule has 6 nitrogen and oxygen atoms in total. The zero-order chi connectivity index (χ0) is 14.3. The summed E-state index contributed by atoms with van der Waals surface area (Å²) in [6, 6.07) is 6.45. The van der Waals surface area contributed by atoms with Gasteiger partial charge < -0.3 is 15.2 Å². The maximum Gasteiger partial charge on any atom is 0.335 e. The highest BCUT2D eigenvalue weighted by molar-refractivity contribution is 8.00. The maximum atomic E-state index is 10.7. The van der Waals surface area contributed by atoms with Gasteiger partial charge in [0.2, 0.25) is 0 Å². The lowest BCUT2D eigenvalue weighted by molar-refractivity contribution is 0.0697. The Kier molecular flexibility index (Phi) is 5.87. The fourth-order valence-electron chi connectivity index (χ4n) is 1.24. The molecule has 0 atom stereocenters. The van der Waals surface area contributed by atoms with Crippen LogP contribution in [0.3, 0.4) is 0 Å². The van der Waals surface area contributed by atoms with Gasteiger partial charge in [-0.3, -0.25) is 0 Å². The van der Waals surface area contributed by atoms with Crippen molar-refractivity contribution in [3.05, 3.63) is 29.8 Å². The Balaban J connectivity index is 2.66. The summed E-state index contributed by atoms with van der Waals surface area (Å²) in [5.74, 6) is -0.557. The number of carboxylic acids is 1. The molecule has 0 amide bonds. The van der Waals surface area contributed by atoms with Gasteiger partial charge >= 0.3 is 5.97 Å². The number of carboxylic acid groups (broad SMARTS) is 1. The van der Waals surface area contributed by atoms with Crippen molar-refractivity contribution in [1.29, 1.82) is 0 Å². The third kappa shape index (κ3) is 4.63. The lowest BCUT2D eigenvalue weighted by Gasteiger charge is -2.04. The van der Waals surface area contributed by atoms with E-state index in [4.69, 9.17) is 10.3 Å². The van der Waals surface area contributed by atoms with Crippen LogP contribution in [0.25, 0.3) is 0 Å². The van der Waals surface area contributed by atoms with Crippen LogP contribution < -0.4 is 0 Å². The van der Waals surface area contributed by atoms with E-state index < -0.39 is 5.97 Å². The Labute approximate surface area is 114 Å². The second kappa shape index (κ2) is 7.42. The standard InChI is InChI=1S/C12H14N2O4S/c1-8(14-18-2)11(13-17)7-19-10-5-3-9(4-6-10)12(15)16/h3-6,17H,7H2,1-2H3,(H,15,16)/b13-11-,14-8+. The molecule has 7 heteroatoms. The summed E-state index contributed by atoms with van der Waals surface area (Å²) >= 11 is 1.41. The largest absolute Gasteiger partial charge is 0.478 e. The predicted octanol–water partition coefficient (Wildman–Crippen LogP) is 2.33. The second-order valence-electron chi connectivity index (χ2n) is 3.52. The lowest BCUT2D eigenvalue weighted by Crippen LogP contribution is -2.13. The molecule has 0 radical (unpaired) electrons. The number of hydrogen-bond acceptors (Lipinski definition) is 6. The minimum absolute atomic E-state index is 0.234. The van der Waals surface area contributed by atoms with E-state index in [2.05, 4.69) is 15.1 Å². The topological polar surface area (TPSA) is 91.5 Å². The molecule has 0 aliphatic carbocycles. The van der Waals surface area contributed by atoms with Crippen LogP contribution in [0.2, 0.25) is 0 Å². The Morgan fingerprint density at radius 3 is 2.47 bits per heavy atom. The van der Waals surface area contributed by atoms with E-state index in [1.54, 1.807) is 19.1 Å². The van der Waals surface area contributed by atoms with Gasteiger partial charge in [-0.1, -0.05) is 10.3 Å². The van der Waals surface area contributed by atoms with E-state index >= 15 is 0 Å². The van der Waals surface area contributed by atoms with E-state index in [9.17, 15) is 4.79 Å². The third-order valence-corrected chi connectivity index (χ3v) is 3.27. The van der Waals surface area contributed by atoms with E-state index in [0.717, 1.165) is 4.90 Å². The van der Waals surface area contributed by atoms with Crippen LogP contribution in [-0.2, 0) is 4.84 Å². The number of oxime groups is 2. The molecule has 19 heavy (non-hydrogen) atoms. The van der Waals surface area contributed by atoms with Gasteiger partial charge in [0.1, 0.15) is 18.5 Å². The summed E-state index contributed by atoms with van der Waals surface area (Å²) in [6.45, 7) is 1.67. The molecule has 0 aliphatic heterocycles. The zero-order valence-corrected chi connectivity index (χ0v) is 11.3. The fourth-order valence-corrected chi connectivity index (χ4v) is 2.14. The van der Waals surface area contributed by atoms with Crippen molar-refractivity contribution < 1.29 is 19.9 Å². The molecular weight excluding hydrogens is 268 g/mol. The van der Waals surface area contributed by atoms with Crippen LogP contribution in [0.4, 0.5) is 0 Å². The molecule has 0 saturated heterocycles. The first kappa shape index (κ1) is 15.0. The van der Waals surface area contributed by atoms with Gasteiger partial charge in [-0.15, -0.1) is 11.8 Å². The minimum atomic E-state index is -0.961. The Hall–Kier alpha value is -2.02. The van der Waals surface area contributed by atoms with Crippen molar-refractivity contribution in [2.45, 2.75) is 11.8 Å². The van der Waals surface area contributed by atoms with Gasteiger partial charge in [-0.25, -0.2) is 4.79 Å². The molecule has 0 aliphatic rings. The summed E-state index contributed by atoms with van der Waals surface area (Å²) in [5.41, 5.74) is 1.12. The quantitative estimate of drug-likeness (QED) is 0.361. The highest BCUT2D eigenvalue weighted by Crippen LogP contribution is 2.19. The zero-order valence-electron chi connectivity index (χ0n) is 10.5. The Morgan fingerprint density at radius 2 is 2.00 bits per heavy atom. The first-order chi connectivity index (χ1) is 9.08. The number of aromatic carboxylic acids is 1. The first-order valence-corrected chi connectivity index (χ1v) is 6.32. The first-order valence-electron chi connectivity index (χ1n) is 5.33. The summed E-state index contributed by atoms with van der Waals surface area (Å²) < 4.78 is 0. The van der Waals surface area contributed by atoms with Gasteiger partial charge in [0.15, 0.2) is 0 Å². The van der Waals surface area contributed by atoms with E-state index in [0.29, 0.717) is 17.2 Å². The average Bonchev–Trinajstić information content (AvgIpc) is 2.40. The Bertz CT molecular complexity index is 497. The molecule has 0 fully saturated rings. The SMILES string of the molecule is CO/N=C(C)/C(CSc1ccc(C(=O)O)cc1)=N\O. The maximum absolute atomic E-state index is 10.7. The normalized spacial score (nSPS) is 12.3. The smallest absolute Gasteiger partial charge is 0.335 e. The Morgan fingerprint density at radius 1 is 1.37 bits per heavy atom. The monoisotopic (exact) mass is 282 g/mol. The minimum Gasteiger partial charge on any atom is -0.478 e. The van der Waals surface area contributed by atoms with Crippen LogP contribution in [0.5, 0.6) is 0 Å². The second-order valence-corrected chi connectivity index (χ2v) is 4.57. The van der Waals surface area contributed by atoms with E-state index in [1.165, 1.54) is 31.0 Å². The highest BCUT2D eigenvalue weighted by atomic mass is 32.2. The van der Waals surface area contributed by atoms with E-state index in [-0.39, 0.29) is 5.56 Å². The summed E-state index contributed by atoms with van der Waals surface area (Å²) in [6.07, 6.45) is 0. The van der Waals surface area contributed by atoms with Crippen molar-refractivity contribution in [3.63, 3.8) is 0 Å². The lowest BCUT2D eigenvalue weighted by atomic mass is 10.2. The van der Waals surface area contributed by atoms with Crippen molar-refractivity contribution in [2.75, 3.05) is 12.9 Å². The van der Waals surface area contributed by atoms with Crippen molar-refractivity contribution >= 4 is 29.2 Å². The molecule has 0 bridgehead atoms. The highest BCUT2D eigenvalue weighted by Gasteiger charge is 2.08. The molecule has 102 valence electrons. The van der Waals surface area contributed by atoms with Gasteiger partial charge in [0.25, 0.3) is 0 Å². The predicted molar refractivity (Wildman–Crippen MR) is 73.5 cm³/mol. The van der Waals surface area contributed by atoms with Crippen LogP contribution in [-0.4, -0.2) is 40.6 Å². The van der Waals surface area contributed by atoms with Crippen LogP contribution in [0.1, 0.15) is 17.3 Å². The van der Waals surface area contributed by atoms with Crippen molar-refractivity contribution in [3.8, 4) is 0 Å². The number of carbonyl (C=O) groups is 1. The molecule has 0 aromatic heterocycles. The van der Waals surface area contributed by atoms with Crippen LogP contribution in [0.15, 0.2) is 39.5 Å². The molecular formula is C12H14N2O4S. The summed E-state index contributed by atoms with van der Waals surface area (Å²) in [5, 5.41) is 24.5. The number of thioether (sulfide) groups is 1. The molecule has 2 N–H and O–H groups in total. The molecule has 0 unspecified atom stereocenters. The summed E-state index contributed by atoms with van der Waals surface area (Å²) in [4.78, 5) is 16.2. The van der Waals surface area contributed by atoms with Gasteiger partial charge in [-0.2, -0.15) is 0 Å². The molecule has 0 saturated carbocycles. The molecule has 0 heterocycles. The van der Waals surface area contributed by atoms with Gasteiger partial charge in [0, 0.05) is 10.6 Å². The molecule has 1 aromatic rings. The van der Waals surface area contributed by atoms with Crippen molar-refractivity contribution in [1.82, 2.24) is 0 Å². The summed E-state index contributed by atoms with van der Waals surface area (Å²) in [7, 11) is 1.41. The van der Waals surface area contributed by atoms with Gasteiger partial charge in [0.05, 0.1) is 5.56 Å². The molecule has 1 aromatic carbocycles. The number of rotatable bonds is 6. The molecule has 0 spiro atoms. The number of nitrogens with zero attached hydrogens (tertiary/aromatic N) is 2. The van der Waals surface area contributed by atoms with E-state index in [1.807, 2.05) is 0 Å². The van der Waals surface area contributed by atoms with Gasteiger partial charge in [-0.05, 0) is 31.2 Å². The number of hydrogen-bond donors (Lipinski definition) is 2. The van der Waals surface area contributed by atoms with Crippen LogP contribution in [0, 0.1) is 0 Å². The number of benzene rings is 1. The van der Waals surface area contributed by atoms with Crippen molar-refractivity contribution in [2.24, 2.45) is 10.3 Å². The average molecular weight is 282 g/mol. The fraction of sp³-hybridized carbons (Fsp3) is 0.250. The van der Waals surface area contributed by atoms with Crippen LogP contribution >= 0.6 is 11.8 Å².